The average molecular weight is 192 g/mol. The Balaban J connectivity index is 2.27. The van der Waals surface area contributed by atoms with Crippen molar-refractivity contribution in [1.82, 2.24) is 0 Å². The summed E-state index contributed by atoms with van der Waals surface area (Å²) in [5.41, 5.74) is 3.20. The summed E-state index contributed by atoms with van der Waals surface area (Å²) in [4.78, 5) is 0. The van der Waals surface area contributed by atoms with Crippen LogP contribution in [0.2, 0.25) is 0 Å². The molecule has 0 fully saturated rings. The molecule has 0 heterocycles. The van der Waals surface area contributed by atoms with E-state index < -0.39 is 0 Å². The molecule has 0 amide bonds. The fourth-order valence-electron chi connectivity index (χ4n) is 2.85. The van der Waals surface area contributed by atoms with E-state index in [2.05, 4.69) is 26.0 Å². The molecule has 0 saturated carbocycles. The Kier molecular flexibility index (Phi) is 2.52. The predicted molar refractivity (Wildman–Crippen MR) is 59.0 cm³/mol. The number of aliphatic hydroxyl groups excluding tert-OH is 1. The minimum Gasteiger partial charge on any atom is -0.392 e. The molecule has 1 heteroatoms. The lowest BCUT2D eigenvalue weighted by Gasteiger charge is -2.27. The number of fused-ring (bicyclic) bond motifs is 1. The Labute approximate surface area is 86.5 Å². The van der Waals surface area contributed by atoms with Crippen LogP contribution in [0.3, 0.4) is 0 Å². The first-order valence-electron chi connectivity index (χ1n) is 5.63. The van der Waals surface area contributed by atoms with Gasteiger partial charge in [-0.25, -0.2) is 0 Å². The number of rotatable bonds is 1. The topological polar surface area (TPSA) is 20.2 Å². The molecule has 0 spiro atoms. The maximum absolute atomic E-state index is 9.22. The van der Waals surface area contributed by atoms with Crippen molar-refractivity contribution in [3.05, 3.63) is 23.3 Å². The third kappa shape index (κ3) is 1.66. The van der Waals surface area contributed by atoms with Crippen LogP contribution >= 0.6 is 0 Å². The van der Waals surface area contributed by atoms with Crippen molar-refractivity contribution >= 4 is 0 Å². The molecule has 2 aliphatic rings. The molecule has 0 aromatic rings. The molecule has 0 radical (unpaired) electrons. The van der Waals surface area contributed by atoms with Crippen molar-refractivity contribution in [1.29, 1.82) is 0 Å². The van der Waals surface area contributed by atoms with Crippen LogP contribution in [0.25, 0.3) is 0 Å². The molecule has 0 bridgehead atoms. The van der Waals surface area contributed by atoms with E-state index >= 15 is 0 Å². The minimum atomic E-state index is 0.250. The molecule has 1 nitrogen and oxygen atoms in total. The van der Waals surface area contributed by atoms with Gasteiger partial charge in [-0.2, -0.15) is 0 Å². The van der Waals surface area contributed by atoms with Crippen LogP contribution in [0.5, 0.6) is 0 Å². The molecule has 1 atom stereocenters. The summed E-state index contributed by atoms with van der Waals surface area (Å²) in [5.74, 6) is 0.714. The first-order chi connectivity index (χ1) is 6.63. The first-order valence-corrected chi connectivity index (χ1v) is 5.63. The summed E-state index contributed by atoms with van der Waals surface area (Å²) in [6, 6.07) is 0. The lowest BCUT2D eigenvalue weighted by Crippen LogP contribution is -2.16. The summed E-state index contributed by atoms with van der Waals surface area (Å²) in [7, 11) is 0. The number of hydrogen-bond acceptors (Lipinski definition) is 1. The quantitative estimate of drug-likeness (QED) is 0.633. The molecular formula is C13H20O. The van der Waals surface area contributed by atoms with E-state index in [0.29, 0.717) is 11.3 Å². The van der Waals surface area contributed by atoms with Gasteiger partial charge in [-0.15, -0.1) is 0 Å². The fourth-order valence-corrected chi connectivity index (χ4v) is 2.85. The van der Waals surface area contributed by atoms with Gasteiger partial charge in [-0.3, -0.25) is 0 Å². The summed E-state index contributed by atoms with van der Waals surface area (Å²) in [6.45, 7) is 4.90. The third-order valence-corrected chi connectivity index (χ3v) is 3.71. The van der Waals surface area contributed by atoms with E-state index in [0.717, 1.165) is 12.8 Å². The largest absolute Gasteiger partial charge is 0.392 e. The van der Waals surface area contributed by atoms with Gasteiger partial charge in [0.1, 0.15) is 0 Å². The van der Waals surface area contributed by atoms with E-state index in [-0.39, 0.29) is 6.61 Å². The summed E-state index contributed by atoms with van der Waals surface area (Å²) in [6.07, 6.45) is 9.38. The zero-order chi connectivity index (χ0) is 10.2. The zero-order valence-corrected chi connectivity index (χ0v) is 9.21. The standard InChI is InChI=1S/C13H20O/c1-13(2)7-6-10(9-14)8-11-4-3-5-12(11)13/h5-6,11,14H,3-4,7-9H2,1-2H3. The van der Waals surface area contributed by atoms with Crippen molar-refractivity contribution in [2.75, 3.05) is 6.61 Å². The molecule has 0 saturated heterocycles. The van der Waals surface area contributed by atoms with Crippen LogP contribution in [0.4, 0.5) is 0 Å². The normalized spacial score (nSPS) is 30.4. The second kappa shape index (κ2) is 3.54. The molecule has 2 aliphatic carbocycles. The van der Waals surface area contributed by atoms with Gasteiger partial charge < -0.3 is 5.11 Å². The third-order valence-electron chi connectivity index (χ3n) is 3.71. The summed E-state index contributed by atoms with van der Waals surface area (Å²) in [5, 5.41) is 9.22. The van der Waals surface area contributed by atoms with E-state index in [9.17, 15) is 5.11 Å². The monoisotopic (exact) mass is 192 g/mol. The Bertz CT molecular complexity index is 284. The van der Waals surface area contributed by atoms with Crippen LogP contribution < -0.4 is 0 Å². The molecule has 1 unspecified atom stereocenters. The lowest BCUT2D eigenvalue weighted by atomic mass is 9.77. The lowest BCUT2D eigenvalue weighted by molar-refractivity contribution is 0.321. The molecule has 2 rings (SSSR count). The van der Waals surface area contributed by atoms with Gasteiger partial charge in [0.15, 0.2) is 0 Å². The Morgan fingerprint density at radius 2 is 2.21 bits per heavy atom. The van der Waals surface area contributed by atoms with E-state index in [1.807, 2.05) is 0 Å². The molecule has 0 aliphatic heterocycles. The SMILES string of the molecule is CC1(C)CC=C(CO)CC2CCC=C21. The van der Waals surface area contributed by atoms with Crippen molar-refractivity contribution in [3.63, 3.8) is 0 Å². The number of hydrogen-bond donors (Lipinski definition) is 1. The van der Waals surface area contributed by atoms with Gasteiger partial charge in [0.05, 0.1) is 6.61 Å². The maximum Gasteiger partial charge on any atom is 0.0641 e. The second-order valence-corrected chi connectivity index (χ2v) is 5.25. The predicted octanol–water partition coefficient (Wildman–Crippen LogP) is 3.06. The maximum atomic E-state index is 9.22. The van der Waals surface area contributed by atoms with Crippen LogP contribution in [0, 0.1) is 11.3 Å². The number of allylic oxidation sites excluding steroid dienone is 3. The Morgan fingerprint density at radius 1 is 1.43 bits per heavy atom. The van der Waals surface area contributed by atoms with Gasteiger partial charge in [-0.05, 0) is 42.6 Å². The van der Waals surface area contributed by atoms with Crippen LogP contribution in [-0.2, 0) is 0 Å². The van der Waals surface area contributed by atoms with Crippen LogP contribution in [0.15, 0.2) is 23.3 Å². The average Bonchev–Trinajstić information content (AvgIpc) is 2.56. The van der Waals surface area contributed by atoms with Crippen molar-refractivity contribution in [3.8, 4) is 0 Å². The smallest absolute Gasteiger partial charge is 0.0641 e. The Hall–Kier alpha value is -0.560. The van der Waals surface area contributed by atoms with Crippen LogP contribution in [0.1, 0.15) is 39.5 Å². The van der Waals surface area contributed by atoms with Gasteiger partial charge in [0, 0.05) is 0 Å². The van der Waals surface area contributed by atoms with E-state index in [1.165, 1.54) is 18.4 Å². The minimum absolute atomic E-state index is 0.250. The molecule has 0 aromatic carbocycles. The van der Waals surface area contributed by atoms with Gasteiger partial charge in [-0.1, -0.05) is 31.6 Å². The van der Waals surface area contributed by atoms with Crippen molar-refractivity contribution in [2.24, 2.45) is 11.3 Å². The van der Waals surface area contributed by atoms with E-state index in [4.69, 9.17) is 0 Å². The molecular weight excluding hydrogens is 172 g/mol. The summed E-state index contributed by atoms with van der Waals surface area (Å²) < 4.78 is 0. The van der Waals surface area contributed by atoms with Gasteiger partial charge in [0.2, 0.25) is 0 Å². The molecule has 14 heavy (non-hydrogen) atoms. The van der Waals surface area contributed by atoms with Crippen LogP contribution in [-0.4, -0.2) is 11.7 Å². The van der Waals surface area contributed by atoms with Gasteiger partial charge >= 0.3 is 0 Å². The molecule has 0 aromatic heterocycles. The summed E-state index contributed by atoms with van der Waals surface area (Å²) >= 11 is 0. The molecule has 78 valence electrons. The highest BCUT2D eigenvalue weighted by atomic mass is 16.3. The highest BCUT2D eigenvalue weighted by Crippen LogP contribution is 2.46. The Morgan fingerprint density at radius 3 is 2.93 bits per heavy atom. The highest BCUT2D eigenvalue weighted by Gasteiger charge is 2.33. The zero-order valence-electron chi connectivity index (χ0n) is 9.21. The van der Waals surface area contributed by atoms with Gasteiger partial charge in [0.25, 0.3) is 0 Å². The van der Waals surface area contributed by atoms with Crippen molar-refractivity contribution < 1.29 is 5.11 Å². The first kappa shape index (κ1) is 9.97. The number of aliphatic hydroxyl groups is 1. The highest BCUT2D eigenvalue weighted by molar-refractivity contribution is 5.27. The van der Waals surface area contributed by atoms with Crippen molar-refractivity contribution in [2.45, 2.75) is 39.5 Å². The fraction of sp³-hybridized carbons (Fsp3) is 0.692. The van der Waals surface area contributed by atoms with E-state index in [1.54, 1.807) is 5.57 Å². The second-order valence-electron chi connectivity index (χ2n) is 5.25. The molecule has 1 N–H and O–H groups in total.